The number of nitrogens with one attached hydrogen (secondary N) is 1. The highest BCUT2D eigenvalue weighted by Gasteiger charge is 2.55. The largest absolute Gasteiger partial charge is 0.477 e. The van der Waals surface area contributed by atoms with Crippen LogP contribution >= 0.6 is 0 Å². The molecule has 0 bridgehead atoms. The Morgan fingerprint density at radius 1 is 1.23 bits per heavy atom. The van der Waals surface area contributed by atoms with Crippen LogP contribution < -0.4 is 11.1 Å². The maximum Gasteiger partial charge on any atom is 0.364 e. The number of carbonyl (C=O) groups is 5. The molecule has 3 heterocycles. The highest BCUT2D eigenvalue weighted by Crippen LogP contribution is 2.37. The maximum absolute atomic E-state index is 13.6. The lowest BCUT2D eigenvalue weighted by molar-refractivity contribution is -0.210. The lowest BCUT2D eigenvalue weighted by atomic mass is 9.71. The van der Waals surface area contributed by atoms with Crippen molar-refractivity contribution in [3.8, 4) is 0 Å². The molecule has 0 saturated carbocycles. The van der Waals surface area contributed by atoms with Crippen LogP contribution in [0.25, 0.3) is 0 Å². The van der Waals surface area contributed by atoms with Crippen LogP contribution in [0.15, 0.2) is 17.1 Å². The van der Waals surface area contributed by atoms with Gasteiger partial charge < -0.3 is 31.3 Å². The van der Waals surface area contributed by atoms with Gasteiger partial charge >= 0.3 is 5.97 Å². The van der Waals surface area contributed by atoms with Crippen LogP contribution in [0.1, 0.15) is 45.4 Å². The summed E-state index contributed by atoms with van der Waals surface area (Å²) in [6.07, 6.45) is 4.75. The van der Waals surface area contributed by atoms with Gasteiger partial charge in [0.1, 0.15) is 5.54 Å². The van der Waals surface area contributed by atoms with Gasteiger partial charge in [-0.1, -0.05) is 0 Å². The zero-order valence-corrected chi connectivity index (χ0v) is 19.6. The van der Waals surface area contributed by atoms with E-state index in [0.717, 1.165) is 0 Å². The minimum Gasteiger partial charge on any atom is -0.477 e. The summed E-state index contributed by atoms with van der Waals surface area (Å²) in [6, 6.07) is -2.86. The molecule has 3 rings (SSSR count). The number of Topliss-reactive ketones (excluding diaryl/α,β-unsaturated/α-hetero) is 3. The first-order valence-corrected chi connectivity index (χ1v) is 11.7. The molecular formula is C23H32N4O8. The lowest BCUT2D eigenvalue weighted by Gasteiger charge is -2.36. The standard InChI is InChI=1S/C23H32N4O8/c1-13(28)27-10-3-6-17(27)18(29)11-15(24)19(30)14(12-23(34,35)21(32)33)22(7-4-9-26-22)20(31)16-5-2-8-25-16/h4,7,9,14-17,25,34-35H,2-3,5-6,8,10-12,24H2,1H3,(H,32,33)/t14?,15-,16+,17+,22?/m0/s1. The van der Waals surface area contributed by atoms with Crippen molar-refractivity contribution in [1.82, 2.24) is 10.2 Å². The summed E-state index contributed by atoms with van der Waals surface area (Å²) in [7, 11) is 0. The second-order valence-corrected chi connectivity index (χ2v) is 9.40. The molecule has 0 aromatic carbocycles. The number of ketones is 3. The minimum atomic E-state index is -3.34. The average molecular weight is 493 g/mol. The minimum absolute atomic E-state index is 0.274. The van der Waals surface area contributed by atoms with Gasteiger partial charge in [-0.3, -0.25) is 24.2 Å². The topological polar surface area (TPSA) is 200 Å². The molecule has 192 valence electrons. The number of likely N-dealkylation sites (tertiary alicyclic amines) is 1. The fourth-order valence-electron chi connectivity index (χ4n) is 5.15. The second-order valence-electron chi connectivity index (χ2n) is 9.40. The molecule has 12 heteroatoms. The number of carbonyl (C=O) groups excluding carboxylic acids is 4. The molecule has 0 aromatic heterocycles. The number of aliphatic carboxylic acids is 1. The van der Waals surface area contributed by atoms with Crippen LogP contribution in [0.3, 0.4) is 0 Å². The molecule has 2 saturated heterocycles. The highest BCUT2D eigenvalue weighted by atomic mass is 16.5. The fourth-order valence-corrected chi connectivity index (χ4v) is 5.15. The predicted molar refractivity (Wildman–Crippen MR) is 122 cm³/mol. The fraction of sp³-hybridized carbons (Fsp3) is 0.652. The maximum atomic E-state index is 13.6. The molecule has 0 spiro atoms. The van der Waals surface area contributed by atoms with E-state index in [1.54, 1.807) is 0 Å². The Kier molecular flexibility index (Phi) is 8.00. The van der Waals surface area contributed by atoms with Gasteiger partial charge in [0.15, 0.2) is 17.3 Å². The van der Waals surface area contributed by atoms with Crippen LogP contribution in [0, 0.1) is 5.92 Å². The first kappa shape index (κ1) is 26.8. The van der Waals surface area contributed by atoms with E-state index >= 15 is 0 Å². The molecule has 12 nitrogen and oxygen atoms in total. The Balaban J connectivity index is 1.90. The van der Waals surface area contributed by atoms with Crippen LogP contribution in [0.2, 0.25) is 0 Å². The van der Waals surface area contributed by atoms with Crippen molar-refractivity contribution in [1.29, 1.82) is 0 Å². The number of nitrogens with two attached hydrogens (primary N) is 1. The summed E-state index contributed by atoms with van der Waals surface area (Å²) in [5.74, 6) is -9.12. The van der Waals surface area contributed by atoms with Gasteiger partial charge in [-0.25, -0.2) is 4.79 Å². The molecule has 3 aliphatic heterocycles. The number of nitrogens with zero attached hydrogens (tertiary/aromatic N) is 2. The van der Waals surface area contributed by atoms with E-state index in [1.165, 1.54) is 30.2 Å². The van der Waals surface area contributed by atoms with Crippen LogP contribution in [-0.4, -0.2) is 98.2 Å². The smallest absolute Gasteiger partial charge is 0.364 e. The third kappa shape index (κ3) is 5.40. The molecule has 1 amide bonds. The zero-order chi connectivity index (χ0) is 26.0. The van der Waals surface area contributed by atoms with E-state index in [0.29, 0.717) is 38.8 Å². The molecule has 2 fully saturated rings. The average Bonchev–Trinajstić information content (AvgIpc) is 3.57. The van der Waals surface area contributed by atoms with Crippen molar-refractivity contribution in [3.05, 3.63) is 12.2 Å². The van der Waals surface area contributed by atoms with Gasteiger partial charge in [0.2, 0.25) is 5.91 Å². The molecule has 3 aliphatic rings. The Labute approximate surface area is 202 Å². The number of aliphatic imine (C=N–C) groups is 1. The van der Waals surface area contributed by atoms with Crippen molar-refractivity contribution in [3.63, 3.8) is 0 Å². The summed E-state index contributed by atoms with van der Waals surface area (Å²) in [6.45, 7) is 2.33. The first-order chi connectivity index (χ1) is 16.4. The number of aliphatic hydroxyl groups is 2. The van der Waals surface area contributed by atoms with Gasteiger partial charge in [0.05, 0.1) is 24.0 Å². The SMILES string of the molecule is CC(=O)N1CCC[C@@H]1C(=O)C[C@H](N)C(=O)C(CC(O)(O)C(=O)O)C1(C(=O)[C@H]2CCCN2)C=CC=N1. The highest BCUT2D eigenvalue weighted by molar-refractivity contribution is 6.06. The molecule has 35 heavy (non-hydrogen) atoms. The molecular weight excluding hydrogens is 460 g/mol. The predicted octanol–water partition coefficient (Wildman–Crippen LogP) is -1.67. The Morgan fingerprint density at radius 3 is 2.49 bits per heavy atom. The van der Waals surface area contributed by atoms with E-state index < -0.39 is 71.5 Å². The van der Waals surface area contributed by atoms with Gasteiger partial charge in [-0.15, -0.1) is 0 Å². The van der Waals surface area contributed by atoms with Crippen LogP contribution in [-0.2, 0) is 24.0 Å². The number of hydrogen-bond acceptors (Lipinski definition) is 10. The first-order valence-electron chi connectivity index (χ1n) is 11.7. The van der Waals surface area contributed by atoms with Gasteiger partial charge in [0.25, 0.3) is 5.79 Å². The van der Waals surface area contributed by atoms with Gasteiger partial charge in [0, 0.05) is 32.5 Å². The lowest BCUT2D eigenvalue weighted by Crippen LogP contribution is -2.58. The Morgan fingerprint density at radius 2 is 1.94 bits per heavy atom. The van der Waals surface area contributed by atoms with E-state index in [1.807, 2.05) is 0 Å². The quantitative estimate of drug-likeness (QED) is 0.208. The zero-order valence-electron chi connectivity index (χ0n) is 19.6. The summed E-state index contributed by atoms with van der Waals surface area (Å²) in [5, 5.41) is 32.5. The third-order valence-corrected chi connectivity index (χ3v) is 7.02. The van der Waals surface area contributed by atoms with Gasteiger partial charge in [-0.2, -0.15) is 0 Å². The normalized spacial score (nSPS) is 27.7. The van der Waals surface area contributed by atoms with Gasteiger partial charge in [-0.05, 0) is 44.4 Å². The molecule has 0 aliphatic carbocycles. The van der Waals surface area contributed by atoms with Crippen LogP contribution in [0.4, 0.5) is 0 Å². The Bertz CT molecular complexity index is 941. The second kappa shape index (κ2) is 10.4. The van der Waals surface area contributed by atoms with Crippen molar-refractivity contribution in [2.45, 2.75) is 74.9 Å². The molecule has 2 unspecified atom stereocenters. The summed E-state index contributed by atoms with van der Waals surface area (Å²) in [4.78, 5) is 68.9. The monoisotopic (exact) mass is 492 g/mol. The van der Waals surface area contributed by atoms with E-state index in [4.69, 9.17) is 5.73 Å². The number of allylic oxidation sites excluding steroid dienone is 1. The summed E-state index contributed by atoms with van der Waals surface area (Å²) >= 11 is 0. The number of carboxylic acids is 1. The number of rotatable bonds is 11. The summed E-state index contributed by atoms with van der Waals surface area (Å²) in [5.41, 5.74) is 4.20. The van der Waals surface area contributed by atoms with Crippen molar-refractivity contribution in [2.24, 2.45) is 16.6 Å². The van der Waals surface area contributed by atoms with Crippen molar-refractivity contribution >= 4 is 35.4 Å². The molecule has 5 atom stereocenters. The Hall–Kier alpha value is -2.80. The van der Waals surface area contributed by atoms with Crippen molar-refractivity contribution < 1.29 is 39.3 Å². The van der Waals surface area contributed by atoms with Crippen LogP contribution in [0.5, 0.6) is 0 Å². The molecule has 0 radical (unpaired) electrons. The number of carboxylic acid groups (broad SMARTS) is 1. The number of hydrogen-bond donors (Lipinski definition) is 5. The van der Waals surface area contributed by atoms with E-state index in [-0.39, 0.29) is 5.91 Å². The third-order valence-electron chi connectivity index (χ3n) is 7.02. The molecule has 0 aromatic rings. The summed E-state index contributed by atoms with van der Waals surface area (Å²) < 4.78 is 0. The van der Waals surface area contributed by atoms with Crippen molar-refractivity contribution in [2.75, 3.05) is 13.1 Å². The number of amides is 1. The van der Waals surface area contributed by atoms with E-state index in [2.05, 4.69) is 10.3 Å². The molecule has 6 N–H and O–H groups in total. The van der Waals surface area contributed by atoms with E-state index in [9.17, 15) is 39.3 Å².